The van der Waals surface area contributed by atoms with Gasteiger partial charge in [-0.3, -0.25) is 9.59 Å². The molecule has 0 spiro atoms. The van der Waals surface area contributed by atoms with E-state index in [-0.39, 0.29) is 23.4 Å². The number of anilines is 1. The molecule has 5 nitrogen and oxygen atoms in total. The van der Waals surface area contributed by atoms with Crippen LogP contribution in [-0.4, -0.2) is 35.8 Å². The fraction of sp³-hybridized carbons (Fsp3) is 0.500. The van der Waals surface area contributed by atoms with Crippen LogP contribution >= 0.6 is 0 Å². The molecular formula is C16H20FN3O2. The number of nitrogens with two attached hydrogens (primary N) is 1. The fourth-order valence-electron chi connectivity index (χ4n) is 3.23. The molecule has 2 heterocycles. The topological polar surface area (TPSA) is 75.4 Å². The van der Waals surface area contributed by atoms with Crippen molar-refractivity contribution >= 4 is 17.5 Å². The number of amides is 2. The first-order valence-corrected chi connectivity index (χ1v) is 7.73. The number of likely N-dealkylation sites (tertiary alicyclic amines) is 1. The molecule has 2 amide bonds. The average Bonchev–Trinajstić information content (AvgIpc) is 2.53. The highest BCUT2D eigenvalue weighted by atomic mass is 19.1. The largest absolute Gasteiger partial charge is 0.334 e. The van der Waals surface area contributed by atoms with Crippen molar-refractivity contribution in [1.29, 1.82) is 0 Å². The zero-order chi connectivity index (χ0) is 15.7. The maximum atomic E-state index is 14.3. The predicted molar refractivity (Wildman–Crippen MR) is 81.1 cm³/mol. The van der Waals surface area contributed by atoms with Crippen LogP contribution < -0.4 is 11.1 Å². The van der Waals surface area contributed by atoms with Gasteiger partial charge in [-0.15, -0.1) is 0 Å². The molecule has 2 aliphatic heterocycles. The lowest BCUT2D eigenvalue weighted by atomic mass is 9.97. The standard InChI is InChI=1S/C16H20FN3O2/c17-13-8-14-10(4-5-15(21)19-14)7-12(13)16(22)20-6-2-1-3-11(20)9-18/h7-8,11H,1-6,9,18H2,(H,19,21). The van der Waals surface area contributed by atoms with E-state index in [1.807, 2.05) is 0 Å². The van der Waals surface area contributed by atoms with Crippen LogP contribution in [0.15, 0.2) is 12.1 Å². The Hall–Kier alpha value is -1.95. The third-order valence-corrected chi connectivity index (χ3v) is 4.48. The Bertz CT molecular complexity index is 618. The second-order valence-corrected chi connectivity index (χ2v) is 5.92. The SMILES string of the molecule is NCC1CCCCN1C(=O)c1cc2c(cc1F)NC(=O)CC2. The highest BCUT2D eigenvalue weighted by Crippen LogP contribution is 2.28. The van der Waals surface area contributed by atoms with E-state index in [4.69, 9.17) is 5.73 Å². The summed E-state index contributed by atoms with van der Waals surface area (Å²) in [7, 11) is 0. The van der Waals surface area contributed by atoms with Gasteiger partial charge in [-0.05, 0) is 43.4 Å². The fourth-order valence-corrected chi connectivity index (χ4v) is 3.23. The molecule has 0 bridgehead atoms. The summed E-state index contributed by atoms with van der Waals surface area (Å²) in [4.78, 5) is 25.7. The number of hydrogen-bond donors (Lipinski definition) is 2. The van der Waals surface area contributed by atoms with Crippen molar-refractivity contribution < 1.29 is 14.0 Å². The number of carbonyl (C=O) groups is 2. The number of halogens is 1. The van der Waals surface area contributed by atoms with Crippen molar-refractivity contribution in [2.75, 3.05) is 18.4 Å². The molecule has 0 aromatic heterocycles. The van der Waals surface area contributed by atoms with Crippen molar-refractivity contribution in [3.63, 3.8) is 0 Å². The second kappa shape index (κ2) is 6.04. The lowest BCUT2D eigenvalue weighted by Crippen LogP contribution is -2.47. The number of piperidine rings is 1. The lowest BCUT2D eigenvalue weighted by Gasteiger charge is -2.35. The Balaban J connectivity index is 1.90. The van der Waals surface area contributed by atoms with Crippen molar-refractivity contribution in [2.24, 2.45) is 5.73 Å². The van der Waals surface area contributed by atoms with Crippen LogP contribution in [0.2, 0.25) is 0 Å². The molecule has 6 heteroatoms. The van der Waals surface area contributed by atoms with Gasteiger partial charge in [-0.2, -0.15) is 0 Å². The summed E-state index contributed by atoms with van der Waals surface area (Å²) in [6.07, 6.45) is 3.73. The Morgan fingerprint density at radius 3 is 2.95 bits per heavy atom. The van der Waals surface area contributed by atoms with Crippen LogP contribution in [0.3, 0.4) is 0 Å². The van der Waals surface area contributed by atoms with E-state index in [1.54, 1.807) is 11.0 Å². The third-order valence-electron chi connectivity index (χ3n) is 4.48. The van der Waals surface area contributed by atoms with E-state index >= 15 is 0 Å². The minimum Gasteiger partial charge on any atom is -0.334 e. The first kappa shape index (κ1) is 15.0. The van der Waals surface area contributed by atoms with Gasteiger partial charge in [-0.1, -0.05) is 0 Å². The van der Waals surface area contributed by atoms with Crippen molar-refractivity contribution in [1.82, 2.24) is 4.90 Å². The first-order valence-electron chi connectivity index (χ1n) is 7.73. The third kappa shape index (κ3) is 2.70. The summed E-state index contributed by atoms with van der Waals surface area (Å²) in [6.45, 7) is 1.02. The van der Waals surface area contributed by atoms with Gasteiger partial charge in [0.15, 0.2) is 0 Å². The quantitative estimate of drug-likeness (QED) is 0.872. The van der Waals surface area contributed by atoms with Gasteiger partial charge in [0.2, 0.25) is 5.91 Å². The van der Waals surface area contributed by atoms with Crippen LogP contribution in [0.25, 0.3) is 0 Å². The molecule has 1 fully saturated rings. The van der Waals surface area contributed by atoms with Gasteiger partial charge in [-0.25, -0.2) is 4.39 Å². The number of fused-ring (bicyclic) bond motifs is 1. The second-order valence-electron chi connectivity index (χ2n) is 5.92. The molecule has 0 radical (unpaired) electrons. The monoisotopic (exact) mass is 305 g/mol. The van der Waals surface area contributed by atoms with Crippen LogP contribution in [0.4, 0.5) is 10.1 Å². The Kier molecular flexibility index (Phi) is 4.11. The number of benzene rings is 1. The average molecular weight is 305 g/mol. The van der Waals surface area contributed by atoms with E-state index in [0.29, 0.717) is 31.6 Å². The molecule has 3 N–H and O–H groups in total. The summed E-state index contributed by atoms with van der Waals surface area (Å²) < 4.78 is 14.3. The smallest absolute Gasteiger partial charge is 0.257 e. The molecule has 1 atom stereocenters. The van der Waals surface area contributed by atoms with Gasteiger partial charge in [0, 0.05) is 31.2 Å². The summed E-state index contributed by atoms with van der Waals surface area (Å²) >= 11 is 0. The predicted octanol–water partition coefficient (Wildman–Crippen LogP) is 1.66. The van der Waals surface area contributed by atoms with E-state index in [9.17, 15) is 14.0 Å². The molecule has 3 rings (SSSR count). The molecule has 0 aliphatic carbocycles. The van der Waals surface area contributed by atoms with Gasteiger partial charge in [0.05, 0.1) is 5.56 Å². The molecule has 1 saturated heterocycles. The van der Waals surface area contributed by atoms with Crippen LogP contribution in [-0.2, 0) is 11.2 Å². The van der Waals surface area contributed by atoms with Crippen LogP contribution in [0, 0.1) is 5.82 Å². The van der Waals surface area contributed by atoms with Crippen LogP contribution in [0.5, 0.6) is 0 Å². The molecular weight excluding hydrogens is 285 g/mol. The van der Waals surface area contributed by atoms with E-state index in [1.165, 1.54) is 6.07 Å². The van der Waals surface area contributed by atoms with E-state index in [2.05, 4.69) is 5.32 Å². The Morgan fingerprint density at radius 2 is 2.18 bits per heavy atom. The van der Waals surface area contributed by atoms with Gasteiger partial charge >= 0.3 is 0 Å². The molecule has 22 heavy (non-hydrogen) atoms. The van der Waals surface area contributed by atoms with Gasteiger partial charge < -0.3 is 16.0 Å². The summed E-state index contributed by atoms with van der Waals surface area (Å²) in [5.74, 6) is -1.01. The number of nitrogens with one attached hydrogen (secondary N) is 1. The van der Waals surface area contributed by atoms with Gasteiger partial charge in [0.1, 0.15) is 5.82 Å². The maximum absolute atomic E-state index is 14.3. The molecule has 118 valence electrons. The number of rotatable bonds is 2. The molecule has 0 saturated carbocycles. The van der Waals surface area contributed by atoms with Crippen molar-refractivity contribution in [2.45, 2.75) is 38.1 Å². The zero-order valence-corrected chi connectivity index (χ0v) is 12.4. The molecule has 1 aromatic rings. The summed E-state index contributed by atoms with van der Waals surface area (Å²) in [5, 5.41) is 2.64. The van der Waals surface area contributed by atoms with Crippen molar-refractivity contribution in [3.8, 4) is 0 Å². The van der Waals surface area contributed by atoms with E-state index in [0.717, 1.165) is 24.8 Å². The minimum atomic E-state index is -0.590. The molecule has 2 aliphatic rings. The molecule has 1 aromatic carbocycles. The highest BCUT2D eigenvalue weighted by molar-refractivity contribution is 5.98. The zero-order valence-electron chi connectivity index (χ0n) is 12.4. The maximum Gasteiger partial charge on any atom is 0.257 e. The van der Waals surface area contributed by atoms with Crippen LogP contribution in [0.1, 0.15) is 41.6 Å². The highest BCUT2D eigenvalue weighted by Gasteiger charge is 2.29. The molecule has 1 unspecified atom stereocenters. The number of aryl methyl sites for hydroxylation is 1. The summed E-state index contributed by atoms with van der Waals surface area (Å²) in [6, 6.07) is 2.81. The minimum absolute atomic E-state index is 0.0172. The number of hydrogen-bond acceptors (Lipinski definition) is 3. The Morgan fingerprint density at radius 1 is 1.36 bits per heavy atom. The number of carbonyl (C=O) groups excluding carboxylic acids is 2. The number of nitrogens with zero attached hydrogens (tertiary/aromatic N) is 1. The Labute approximate surface area is 128 Å². The van der Waals surface area contributed by atoms with Gasteiger partial charge in [0.25, 0.3) is 5.91 Å². The summed E-state index contributed by atoms with van der Waals surface area (Å²) in [5.41, 5.74) is 7.10. The van der Waals surface area contributed by atoms with E-state index < -0.39 is 5.82 Å². The lowest BCUT2D eigenvalue weighted by molar-refractivity contribution is -0.116. The van der Waals surface area contributed by atoms with Crippen molar-refractivity contribution in [3.05, 3.63) is 29.1 Å². The normalized spacial score (nSPS) is 21.3. The first-order chi connectivity index (χ1) is 10.6.